The van der Waals surface area contributed by atoms with Crippen LogP contribution in [0.1, 0.15) is 63.3 Å². The molecule has 1 aromatic carbocycles. The first-order chi connectivity index (χ1) is 13.5. The average molecular weight is 381 g/mol. The van der Waals surface area contributed by atoms with E-state index in [0.717, 1.165) is 25.7 Å². The van der Waals surface area contributed by atoms with Crippen molar-refractivity contribution in [3.63, 3.8) is 0 Å². The van der Waals surface area contributed by atoms with Gasteiger partial charge in [-0.1, -0.05) is 19.3 Å². The van der Waals surface area contributed by atoms with Crippen LogP contribution in [0.3, 0.4) is 0 Å². The van der Waals surface area contributed by atoms with Crippen LogP contribution in [0, 0.1) is 0 Å². The minimum absolute atomic E-state index is 0.00755. The molecule has 146 valence electrons. The number of carbonyl (C=O) groups excluding carboxylic acids is 2. The molecule has 1 fully saturated rings. The van der Waals surface area contributed by atoms with E-state index >= 15 is 0 Å². The van der Waals surface area contributed by atoms with Crippen molar-refractivity contribution in [2.24, 2.45) is 0 Å². The summed E-state index contributed by atoms with van der Waals surface area (Å²) in [4.78, 5) is 41.7. The van der Waals surface area contributed by atoms with Crippen molar-refractivity contribution in [1.82, 2.24) is 9.88 Å². The molecule has 1 heterocycles. The predicted molar refractivity (Wildman–Crippen MR) is 105 cm³/mol. The molecule has 0 saturated heterocycles. The van der Waals surface area contributed by atoms with Gasteiger partial charge in [0.15, 0.2) is 0 Å². The van der Waals surface area contributed by atoms with Gasteiger partial charge in [-0.05, 0) is 49.2 Å². The first kappa shape index (κ1) is 19.5. The number of rotatable bonds is 5. The second-order valence-corrected chi connectivity index (χ2v) is 6.97. The third-order valence-corrected chi connectivity index (χ3v) is 5.07. The van der Waals surface area contributed by atoms with Gasteiger partial charge in [0.2, 0.25) is 0 Å². The van der Waals surface area contributed by atoms with E-state index in [4.69, 9.17) is 5.11 Å². The summed E-state index contributed by atoms with van der Waals surface area (Å²) in [7, 11) is 1.84. The minimum Gasteiger partial charge on any atom is -0.478 e. The summed E-state index contributed by atoms with van der Waals surface area (Å²) in [6, 6.07) is 9.49. The number of carbonyl (C=O) groups is 3. The molecule has 0 aliphatic heterocycles. The molecule has 7 nitrogen and oxygen atoms in total. The van der Waals surface area contributed by atoms with Crippen LogP contribution in [0.25, 0.3) is 0 Å². The zero-order valence-corrected chi connectivity index (χ0v) is 15.7. The Kier molecular flexibility index (Phi) is 6.03. The molecule has 0 atom stereocenters. The van der Waals surface area contributed by atoms with Crippen molar-refractivity contribution in [3.05, 3.63) is 59.4 Å². The van der Waals surface area contributed by atoms with Crippen molar-refractivity contribution < 1.29 is 19.5 Å². The van der Waals surface area contributed by atoms with Gasteiger partial charge in [0.1, 0.15) is 5.69 Å². The maximum absolute atomic E-state index is 12.7. The van der Waals surface area contributed by atoms with Crippen molar-refractivity contribution >= 4 is 23.5 Å². The third kappa shape index (κ3) is 4.54. The van der Waals surface area contributed by atoms with E-state index in [-0.39, 0.29) is 23.2 Å². The Bertz CT molecular complexity index is 873. The van der Waals surface area contributed by atoms with Crippen LogP contribution in [0.4, 0.5) is 5.69 Å². The number of carboxylic acid groups (broad SMARTS) is 1. The first-order valence-electron chi connectivity index (χ1n) is 9.33. The number of pyridine rings is 1. The fourth-order valence-corrected chi connectivity index (χ4v) is 3.42. The number of hydrogen-bond donors (Lipinski definition) is 2. The number of nitrogens with one attached hydrogen (secondary N) is 1. The summed E-state index contributed by atoms with van der Waals surface area (Å²) < 4.78 is 0. The highest BCUT2D eigenvalue weighted by Crippen LogP contribution is 2.23. The highest BCUT2D eigenvalue weighted by Gasteiger charge is 2.23. The molecule has 28 heavy (non-hydrogen) atoms. The number of anilines is 1. The Labute approximate surface area is 163 Å². The molecular weight excluding hydrogens is 358 g/mol. The summed E-state index contributed by atoms with van der Waals surface area (Å²) in [5.41, 5.74) is 1.07. The molecule has 3 rings (SSSR count). The van der Waals surface area contributed by atoms with Gasteiger partial charge in [0.05, 0.1) is 5.56 Å². The molecule has 0 unspecified atom stereocenters. The number of aromatic nitrogens is 1. The van der Waals surface area contributed by atoms with Crippen LogP contribution in [0.15, 0.2) is 42.6 Å². The van der Waals surface area contributed by atoms with Gasteiger partial charge in [-0.2, -0.15) is 0 Å². The van der Waals surface area contributed by atoms with Gasteiger partial charge in [-0.25, -0.2) is 4.79 Å². The first-order valence-corrected chi connectivity index (χ1v) is 9.33. The lowest BCUT2D eigenvalue weighted by Crippen LogP contribution is -2.38. The van der Waals surface area contributed by atoms with Crippen LogP contribution in [-0.2, 0) is 0 Å². The van der Waals surface area contributed by atoms with E-state index in [1.807, 2.05) is 11.9 Å². The van der Waals surface area contributed by atoms with E-state index < -0.39 is 11.9 Å². The lowest BCUT2D eigenvalue weighted by molar-refractivity contribution is 0.0687. The Morgan fingerprint density at radius 2 is 1.71 bits per heavy atom. The van der Waals surface area contributed by atoms with Crippen molar-refractivity contribution in [3.8, 4) is 0 Å². The van der Waals surface area contributed by atoms with E-state index in [0.29, 0.717) is 11.3 Å². The molecule has 0 spiro atoms. The molecule has 1 aliphatic rings. The minimum atomic E-state index is -1.12. The van der Waals surface area contributed by atoms with E-state index in [1.165, 1.54) is 24.8 Å². The molecule has 7 heteroatoms. The van der Waals surface area contributed by atoms with Gasteiger partial charge < -0.3 is 15.3 Å². The van der Waals surface area contributed by atoms with Crippen LogP contribution < -0.4 is 5.32 Å². The number of nitrogens with zero attached hydrogens (tertiary/aromatic N) is 2. The maximum atomic E-state index is 12.7. The maximum Gasteiger partial charge on any atom is 0.335 e. The number of benzene rings is 1. The van der Waals surface area contributed by atoms with Gasteiger partial charge in [0.25, 0.3) is 11.8 Å². The van der Waals surface area contributed by atoms with Crippen LogP contribution >= 0.6 is 0 Å². The summed E-state index contributed by atoms with van der Waals surface area (Å²) in [6.45, 7) is 0. The highest BCUT2D eigenvalue weighted by atomic mass is 16.4. The molecule has 1 aliphatic carbocycles. The second-order valence-electron chi connectivity index (χ2n) is 6.97. The van der Waals surface area contributed by atoms with E-state index in [2.05, 4.69) is 10.3 Å². The average Bonchev–Trinajstić information content (AvgIpc) is 2.74. The number of carboxylic acids is 1. The van der Waals surface area contributed by atoms with Gasteiger partial charge in [0, 0.05) is 30.5 Å². The van der Waals surface area contributed by atoms with Crippen molar-refractivity contribution in [2.45, 2.75) is 38.1 Å². The van der Waals surface area contributed by atoms with Crippen molar-refractivity contribution in [1.29, 1.82) is 0 Å². The normalized spacial score (nSPS) is 14.3. The van der Waals surface area contributed by atoms with Gasteiger partial charge in [-0.3, -0.25) is 14.6 Å². The van der Waals surface area contributed by atoms with Crippen LogP contribution in [0.5, 0.6) is 0 Å². The summed E-state index contributed by atoms with van der Waals surface area (Å²) in [6.07, 6.45) is 6.91. The number of amides is 2. The largest absolute Gasteiger partial charge is 0.478 e. The summed E-state index contributed by atoms with van der Waals surface area (Å²) in [5, 5.41) is 11.7. The molecule has 2 aromatic rings. The zero-order valence-electron chi connectivity index (χ0n) is 15.7. The zero-order chi connectivity index (χ0) is 20.1. The molecule has 2 amide bonds. The highest BCUT2D eigenvalue weighted by molar-refractivity contribution is 6.04. The molecule has 0 radical (unpaired) electrons. The lowest BCUT2D eigenvalue weighted by atomic mass is 9.94. The number of aromatic carboxylic acids is 1. The molecule has 1 aromatic heterocycles. The van der Waals surface area contributed by atoms with Crippen molar-refractivity contribution in [2.75, 3.05) is 12.4 Å². The smallest absolute Gasteiger partial charge is 0.335 e. The second kappa shape index (κ2) is 8.65. The monoisotopic (exact) mass is 381 g/mol. The Morgan fingerprint density at radius 3 is 2.36 bits per heavy atom. The topological polar surface area (TPSA) is 99.6 Å². The van der Waals surface area contributed by atoms with Gasteiger partial charge >= 0.3 is 5.97 Å². The summed E-state index contributed by atoms with van der Waals surface area (Å²) >= 11 is 0. The fourth-order valence-electron chi connectivity index (χ4n) is 3.42. The Morgan fingerprint density at radius 1 is 1.04 bits per heavy atom. The molecule has 2 N–H and O–H groups in total. The van der Waals surface area contributed by atoms with Gasteiger partial charge in [-0.15, -0.1) is 0 Å². The Balaban J connectivity index is 1.65. The van der Waals surface area contributed by atoms with E-state index in [1.54, 1.807) is 24.3 Å². The third-order valence-electron chi connectivity index (χ3n) is 5.07. The van der Waals surface area contributed by atoms with E-state index in [9.17, 15) is 14.4 Å². The quantitative estimate of drug-likeness (QED) is 0.826. The van der Waals surface area contributed by atoms with Crippen LogP contribution in [0.2, 0.25) is 0 Å². The standard InChI is InChI=1S/C21H23N3O4/c1-24(17-5-3-2-4-6-17)20(26)14-7-9-16(10-8-14)23-19(25)18-13-15(21(27)28)11-12-22-18/h7-13,17H,2-6H2,1H3,(H,23,25)(H,27,28). The fraction of sp³-hybridized carbons (Fsp3) is 0.333. The Hall–Kier alpha value is -3.22. The molecular formula is C21H23N3O4. The summed E-state index contributed by atoms with van der Waals surface area (Å²) in [5.74, 6) is -1.66. The number of hydrogen-bond acceptors (Lipinski definition) is 4. The predicted octanol–water partition coefficient (Wildman–Crippen LogP) is 3.44. The molecule has 0 bridgehead atoms. The molecule has 1 saturated carbocycles. The lowest BCUT2D eigenvalue weighted by Gasteiger charge is -2.31. The SMILES string of the molecule is CN(C(=O)c1ccc(NC(=O)c2cc(C(=O)O)ccn2)cc1)C1CCCCC1. The van der Waals surface area contributed by atoms with Crippen LogP contribution in [-0.4, -0.2) is 45.9 Å².